The van der Waals surface area contributed by atoms with Crippen molar-refractivity contribution < 1.29 is 4.79 Å². The van der Waals surface area contributed by atoms with Crippen LogP contribution >= 0.6 is 0 Å². The molecule has 0 spiro atoms. The summed E-state index contributed by atoms with van der Waals surface area (Å²) in [5.41, 5.74) is 5.24. The fourth-order valence-electron chi connectivity index (χ4n) is 2.56. The van der Waals surface area contributed by atoms with E-state index in [-0.39, 0.29) is 11.8 Å². The molecule has 1 aliphatic rings. The molecule has 1 amide bonds. The summed E-state index contributed by atoms with van der Waals surface area (Å²) in [5.74, 6) is -0.107. The van der Waals surface area contributed by atoms with Crippen LogP contribution in [-0.2, 0) is 4.79 Å². The van der Waals surface area contributed by atoms with Crippen LogP contribution < -0.4 is 5.32 Å². The van der Waals surface area contributed by atoms with Gasteiger partial charge in [-0.1, -0.05) is 18.2 Å². The number of hydrogen-bond donors (Lipinski definition) is 2. The maximum absolute atomic E-state index is 12.1. The Morgan fingerprint density at radius 1 is 1.12 bits per heavy atom. The van der Waals surface area contributed by atoms with Crippen LogP contribution in [0.1, 0.15) is 28.4 Å². The van der Waals surface area contributed by atoms with Gasteiger partial charge in [-0.05, 0) is 37.1 Å². The van der Waals surface area contributed by atoms with Crippen LogP contribution in [0.5, 0.6) is 0 Å². The average Bonchev–Trinajstić information content (AvgIpc) is 2.77. The molecular weight excluding hydrogens is 212 g/mol. The first-order chi connectivity index (χ1) is 8.16. The third-order valence-electron chi connectivity index (χ3n) is 3.29. The van der Waals surface area contributed by atoms with Gasteiger partial charge in [0.15, 0.2) is 0 Å². The van der Waals surface area contributed by atoms with Crippen LogP contribution in [0.2, 0.25) is 0 Å². The number of H-pyrrole nitrogens is 1. The van der Waals surface area contributed by atoms with E-state index in [0.717, 1.165) is 28.2 Å². The number of nitrogens with one attached hydrogen (secondary N) is 2. The summed E-state index contributed by atoms with van der Waals surface area (Å²) in [6, 6.07) is 9.93. The maximum Gasteiger partial charge on any atom is 0.236 e. The lowest BCUT2D eigenvalue weighted by atomic mass is 9.93. The van der Waals surface area contributed by atoms with Gasteiger partial charge in [-0.3, -0.25) is 4.79 Å². The SMILES string of the molecule is Cc1cc(C2C(=O)Nc3ccccc32)c(C)[nH]1. The number of para-hydroxylation sites is 1. The van der Waals surface area contributed by atoms with Crippen LogP contribution in [0.25, 0.3) is 0 Å². The number of carbonyl (C=O) groups is 1. The Bertz CT molecular complexity index is 598. The number of aryl methyl sites for hydroxylation is 2. The fourth-order valence-corrected chi connectivity index (χ4v) is 2.56. The lowest BCUT2D eigenvalue weighted by Crippen LogP contribution is -2.13. The normalized spacial score (nSPS) is 18.0. The molecule has 0 bridgehead atoms. The summed E-state index contributed by atoms with van der Waals surface area (Å²) in [6.07, 6.45) is 0. The van der Waals surface area contributed by atoms with E-state index in [1.807, 2.05) is 38.1 Å². The highest BCUT2D eigenvalue weighted by molar-refractivity contribution is 6.05. The summed E-state index contributed by atoms with van der Waals surface area (Å²) in [5, 5.41) is 2.93. The molecule has 2 aromatic rings. The van der Waals surface area contributed by atoms with Gasteiger partial charge >= 0.3 is 0 Å². The van der Waals surface area contributed by atoms with Gasteiger partial charge < -0.3 is 10.3 Å². The molecule has 0 saturated heterocycles. The zero-order valence-corrected chi connectivity index (χ0v) is 9.87. The van der Waals surface area contributed by atoms with Crippen molar-refractivity contribution in [2.24, 2.45) is 0 Å². The number of rotatable bonds is 1. The van der Waals surface area contributed by atoms with Crippen molar-refractivity contribution in [2.45, 2.75) is 19.8 Å². The second-order valence-electron chi connectivity index (χ2n) is 4.54. The molecule has 3 heteroatoms. The van der Waals surface area contributed by atoms with Crippen molar-refractivity contribution in [1.29, 1.82) is 0 Å². The Balaban J connectivity index is 2.16. The number of carbonyl (C=O) groups excluding carboxylic acids is 1. The van der Waals surface area contributed by atoms with E-state index in [1.54, 1.807) is 0 Å². The Labute approximate surface area is 99.9 Å². The first-order valence-electron chi connectivity index (χ1n) is 5.72. The number of hydrogen-bond acceptors (Lipinski definition) is 1. The molecule has 2 N–H and O–H groups in total. The third-order valence-corrected chi connectivity index (χ3v) is 3.29. The molecule has 1 aromatic carbocycles. The number of benzene rings is 1. The first-order valence-corrected chi connectivity index (χ1v) is 5.72. The summed E-state index contributed by atoms with van der Waals surface area (Å²) in [6.45, 7) is 4.02. The van der Waals surface area contributed by atoms with Crippen molar-refractivity contribution in [2.75, 3.05) is 5.32 Å². The summed E-state index contributed by atoms with van der Waals surface area (Å²) >= 11 is 0. The van der Waals surface area contributed by atoms with Crippen LogP contribution in [0.3, 0.4) is 0 Å². The number of aromatic amines is 1. The van der Waals surface area contributed by atoms with Crippen molar-refractivity contribution >= 4 is 11.6 Å². The first kappa shape index (κ1) is 10.1. The summed E-state index contributed by atoms with van der Waals surface area (Å²) in [4.78, 5) is 15.3. The molecule has 17 heavy (non-hydrogen) atoms. The molecule has 0 aliphatic carbocycles. The summed E-state index contributed by atoms with van der Waals surface area (Å²) < 4.78 is 0. The quantitative estimate of drug-likeness (QED) is 0.771. The van der Waals surface area contributed by atoms with Gasteiger partial charge in [-0.2, -0.15) is 0 Å². The van der Waals surface area contributed by atoms with E-state index >= 15 is 0 Å². The molecule has 1 aliphatic heterocycles. The van der Waals surface area contributed by atoms with Gasteiger partial charge in [0.2, 0.25) is 5.91 Å². The number of fused-ring (bicyclic) bond motifs is 1. The number of amides is 1. The van der Waals surface area contributed by atoms with Gasteiger partial charge in [0.1, 0.15) is 0 Å². The molecule has 1 aromatic heterocycles. The van der Waals surface area contributed by atoms with E-state index in [2.05, 4.69) is 16.4 Å². The van der Waals surface area contributed by atoms with Crippen molar-refractivity contribution in [3.05, 3.63) is 52.8 Å². The van der Waals surface area contributed by atoms with Crippen LogP contribution in [0.4, 0.5) is 5.69 Å². The Kier molecular flexibility index (Phi) is 2.08. The van der Waals surface area contributed by atoms with Crippen molar-refractivity contribution in [1.82, 2.24) is 4.98 Å². The minimum atomic E-state index is -0.170. The van der Waals surface area contributed by atoms with Crippen molar-refractivity contribution in [3.8, 4) is 0 Å². The Hall–Kier alpha value is -2.03. The lowest BCUT2D eigenvalue weighted by molar-refractivity contribution is -0.116. The fraction of sp³-hybridized carbons (Fsp3) is 0.214. The maximum atomic E-state index is 12.1. The van der Waals surface area contributed by atoms with E-state index in [4.69, 9.17) is 0 Å². The van der Waals surface area contributed by atoms with Gasteiger partial charge in [0.25, 0.3) is 0 Å². The van der Waals surface area contributed by atoms with E-state index in [0.29, 0.717) is 0 Å². The lowest BCUT2D eigenvalue weighted by Gasteiger charge is -2.07. The van der Waals surface area contributed by atoms with Crippen LogP contribution in [-0.4, -0.2) is 10.9 Å². The molecule has 86 valence electrons. The highest BCUT2D eigenvalue weighted by atomic mass is 16.2. The third kappa shape index (κ3) is 1.46. The van der Waals surface area contributed by atoms with Crippen LogP contribution in [0.15, 0.2) is 30.3 Å². The Morgan fingerprint density at radius 2 is 1.88 bits per heavy atom. The molecular formula is C14H14N2O. The molecule has 0 radical (unpaired) electrons. The standard InChI is InChI=1S/C14H14N2O/c1-8-7-11(9(2)15-8)13-10-5-3-4-6-12(10)16-14(13)17/h3-7,13,15H,1-2H3,(H,16,17). The molecule has 1 unspecified atom stereocenters. The monoisotopic (exact) mass is 226 g/mol. The second-order valence-corrected chi connectivity index (χ2v) is 4.54. The number of anilines is 1. The summed E-state index contributed by atoms with van der Waals surface area (Å²) in [7, 11) is 0. The molecule has 1 atom stereocenters. The zero-order valence-electron chi connectivity index (χ0n) is 9.87. The predicted molar refractivity (Wildman–Crippen MR) is 67.2 cm³/mol. The highest BCUT2D eigenvalue weighted by Gasteiger charge is 2.33. The molecule has 2 heterocycles. The second kappa shape index (κ2) is 3.48. The largest absolute Gasteiger partial charge is 0.362 e. The van der Waals surface area contributed by atoms with Gasteiger partial charge in [0.05, 0.1) is 5.92 Å². The number of aromatic nitrogens is 1. The molecule has 0 fully saturated rings. The van der Waals surface area contributed by atoms with Gasteiger partial charge in [-0.15, -0.1) is 0 Å². The van der Waals surface area contributed by atoms with E-state index in [9.17, 15) is 4.79 Å². The van der Waals surface area contributed by atoms with E-state index < -0.39 is 0 Å². The highest BCUT2D eigenvalue weighted by Crippen LogP contribution is 2.38. The topological polar surface area (TPSA) is 44.9 Å². The molecule has 3 rings (SSSR count). The van der Waals surface area contributed by atoms with Gasteiger partial charge in [-0.25, -0.2) is 0 Å². The predicted octanol–water partition coefficient (Wildman–Crippen LogP) is 2.72. The zero-order chi connectivity index (χ0) is 12.0. The minimum Gasteiger partial charge on any atom is -0.362 e. The van der Waals surface area contributed by atoms with E-state index in [1.165, 1.54) is 0 Å². The minimum absolute atomic E-state index is 0.0632. The molecule has 0 saturated carbocycles. The molecule has 3 nitrogen and oxygen atoms in total. The Morgan fingerprint density at radius 3 is 2.59 bits per heavy atom. The van der Waals surface area contributed by atoms with Gasteiger partial charge in [0, 0.05) is 17.1 Å². The smallest absolute Gasteiger partial charge is 0.236 e. The average molecular weight is 226 g/mol. The van der Waals surface area contributed by atoms with Crippen LogP contribution in [0, 0.1) is 13.8 Å². The van der Waals surface area contributed by atoms with Crippen molar-refractivity contribution in [3.63, 3.8) is 0 Å².